The molecule has 26 heavy (non-hydrogen) atoms. The first-order valence-corrected chi connectivity index (χ1v) is 9.30. The van der Waals surface area contributed by atoms with E-state index in [0.29, 0.717) is 11.5 Å². The number of benzene rings is 2. The Labute approximate surface area is 161 Å². The maximum Gasteiger partial charge on any atom is 0.192 e. The van der Waals surface area contributed by atoms with Crippen molar-refractivity contribution in [3.8, 4) is 17.2 Å². The van der Waals surface area contributed by atoms with Crippen molar-refractivity contribution in [3.05, 3.63) is 52.0 Å². The Morgan fingerprint density at radius 2 is 1.88 bits per heavy atom. The SMILES string of the molecule is COc1ccc(C2=NN3[C@H](C2)c2cc(Br)ccc2OC3(C)C)cc1OC. The summed E-state index contributed by atoms with van der Waals surface area (Å²) < 4.78 is 18.0. The summed E-state index contributed by atoms with van der Waals surface area (Å²) in [5.74, 6) is 2.34. The highest BCUT2D eigenvalue weighted by atomic mass is 79.9. The van der Waals surface area contributed by atoms with E-state index >= 15 is 0 Å². The summed E-state index contributed by atoms with van der Waals surface area (Å²) in [5, 5.41) is 6.97. The molecule has 0 N–H and O–H groups in total. The maximum atomic E-state index is 6.21. The fraction of sp³-hybridized carbons (Fsp3) is 0.350. The second kappa shape index (κ2) is 6.20. The van der Waals surface area contributed by atoms with E-state index in [4.69, 9.17) is 19.3 Å². The molecule has 2 heterocycles. The van der Waals surface area contributed by atoms with E-state index in [-0.39, 0.29) is 6.04 Å². The van der Waals surface area contributed by atoms with Crippen LogP contribution >= 0.6 is 15.9 Å². The molecule has 0 saturated heterocycles. The van der Waals surface area contributed by atoms with E-state index in [0.717, 1.165) is 33.5 Å². The van der Waals surface area contributed by atoms with Gasteiger partial charge in [-0.05, 0) is 50.2 Å². The second-order valence-corrected chi connectivity index (χ2v) is 7.83. The lowest BCUT2D eigenvalue weighted by Crippen LogP contribution is -2.48. The molecule has 2 aromatic rings. The number of hydrogen-bond donors (Lipinski definition) is 0. The number of ether oxygens (including phenoxy) is 3. The largest absolute Gasteiger partial charge is 0.493 e. The van der Waals surface area contributed by atoms with Crippen molar-refractivity contribution in [1.82, 2.24) is 5.01 Å². The number of rotatable bonds is 3. The fourth-order valence-corrected chi connectivity index (χ4v) is 4.01. The Morgan fingerprint density at radius 1 is 1.12 bits per heavy atom. The van der Waals surface area contributed by atoms with Gasteiger partial charge in [0.2, 0.25) is 0 Å². The molecule has 0 amide bonds. The first-order valence-electron chi connectivity index (χ1n) is 8.50. The lowest BCUT2D eigenvalue weighted by Gasteiger charge is -2.43. The molecule has 0 aliphatic carbocycles. The first kappa shape index (κ1) is 17.2. The molecule has 2 aliphatic heterocycles. The minimum atomic E-state index is -0.510. The van der Waals surface area contributed by atoms with Gasteiger partial charge in [0.25, 0.3) is 0 Å². The number of nitrogens with zero attached hydrogens (tertiary/aromatic N) is 2. The van der Waals surface area contributed by atoms with Gasteiger partial charge in [0.1, 0.15) is 5.75 Å². The monoisotopic (exact) mass is 416 g/mol. The van der Waals surface area contributed by atoms with Gasteiger partial charge >= 0.3 is 0 Å². The van der Waals surface area contributed by atoms with Crippen molar-refractivity contribution in [3.63, 3.8) is 0 Å². The molecule has 4 rings (SSSR count). The summed E-state index contributed by atoms with van der Waals surface area (Å²) in [4.78, 5) is 0. The third-order valence-electron chi connectivity index (χ3n) is 4.87. The maximum absolute atomic E-state index is 6.21. The molecular formula is C20H21BrN2O3. The Hall–Kier alpha value is -2.21. The molecule has 0 radical (unpaired) electrons. The van der Waals surface area contributed by atoms with Gasteiger partial charge in [0, 0.05) is 22.0 Å². The summed E-state index contributed by atoms with van der Waals surface area (Å²) in [6, 6.07) is 12.2. The van der Waals surface area contributed by atoms with Crippen LogP contribution in [0, 0.1) is 0 Å². The van der Waals surface area contributed by atoms with Crippen LogP contribution in [0.25, 0.3) is 0 Å². The molecule has 2 aromatic carbocycles. The van der Waals surface area contributed by atoms with Gasteiger partial charge in [-0.3, -0.25) is 0 Å². The van der Waals surface area contributed by atoms with Crippen LogP contribution in [-0.4, -0.2) is 30.7 Å². The van der Waals surface area contributed by atoms with Crippen LogP contribution < -0.4 is 14.2 Å². The van der Waals surface area contributed by atoms with Gasteiger partial charge in [-0.15, -0.1) is 0 Å². The Bertz CT molecular complexity index is 895. The van der Waals surface area contributed by atoms with Crippen molar-refractivity contribution in [2.75, 3.05) is 14.2 Å². The second-order valence-electron chi connectivity index (χ2n) is 6.91. The molecular weight excluding hydrogens is 396 g/mol. The molecule has 6 heteroatoms. The van der Waals surface area contributed by atoms with Crippen molar-refractivity contribution in [1.29, 1.82) is 0 Å². The van der Waals surface area contributed by atoms with Gasteiger partial charge < -0.3 is 14.2 Å². The van der Waals surface area contributed by atoms with Crippen LogP contribution in [0.1, 0.15) is 37.4 Å². The zero-order valence-electron chi connectivity index (χ0n) is 15.2. The van der Waals surface area contributed by atoms with Crippen molar-refractivity contribution in [2.24, 2.45) is 5.10 Å². The molecule has 5 nitrogen and oxygen atoms in total. The van der Waals surface area contributed by atoms with E-state index in [9.17, 15) is 0 Å². The summed E-state index contributed by atoms with van der Waals surface area (Å²) in [6.45, 7) is 4.10. The fourth-order valence-electron chi connectivity index (χ4n) is 3.63. The third kappa shape index (κ3) is 2.72. The number of methoxy groups -OCH3 is 2. The average Bonchev–Trinajstić information content (AvgIpc) is 3.08. The normalized spacial score (nSPS) is 20.0. The quantitative estimate of drug-likeness (QED) is 0.723. The van der Waals surface area contributed by atoms with Gasteiger partial charge in [-0.2, -0.15) is 5.10 Å². The predicted molar refractivity (Wildman–Crippen MR) is 104 cm³/mol. The van der Waals surface area contributed by atoms with Crippen molar-refractivity contribution >= 4 is 21.6 Å². The zero-order chi connectivity index (χ0) is 18.5. The average molecular weight is 417 g/mol. The molecule has 0 unspecified atom stereocenters. The van der Waals surface area contributed by atoms with Gasteiger partial charge in [-0.1, -0.05) is 15.9 Å². The summed E-state index contributed by atoms with van der Waals surface area (Å²) in [6.07, 6.45) is 0.811. The molecule has 0 saturated carbocycles. The number of hydrogen-bond acceptors (Lipinski definition) is 5. The predicted octanol–water partition coefficient (Wildman–Crippen LogP) is 4.75. The minimum absolute atomic E-state index is 0.148. The van der Waals surface area contributed by atoms with Crippen molar-refractivity contribution < 1.29 is 14.2 Å². The summed E-state index contributed by atoms with van der Waals surface area (Å²) >= 11 is 3.57. The van der Waals surface area contributed by atoms with Crippen LogP contribution in [-0.2, 0) is 0 Å². The molecule has 0 aromatic heterocycles. The highest BCUT2D eigenvalue weighted by molar-refractivity contribution is 9.10. The Balaban J connectivity index is 1.75. The lowest BCUT2D eigenvalue weighted by molar-refractivity contribution is -0.0911. The van der Waals surface area contributed by atoms with E-state index < -0.39 is 5.72 Å². The zero-order valence-corrected chi connectivity index (χ0v) is 16.8. The third-order valence-corrected chi connectivity index (χ3v) is 5.36. The number of halogens is 1. The summed E-state index contributed by atoms with van der Waals surface area (Å²) in [7, 11) is 3.28. The minimum Gasteiger partial charge on any atom is -0.493 e. The molecule has 0 bridgehead atoms. The number of fused-ring (bicyclic) bond motifs is 3. The van der Waals surface area contributed by atoms with E-state index in [1.807, 2.05) is 44.2 Å². The molecule has 136 valence electrons. The van der Waals surface area contributed by atoms with Crippen LogP contribution in [0.5, 0.6) is 17.2 Å². The van der Waals surface area contributed by atoms with E-state index in [1.165, 1.54) is 0 Å². The van der Waals surface area contributed by atoms with Crippen LogP contribution in [0.2, 0.25) is 0 Å². The molecule has 1 atom stereocenters. The highest BCUT2D eigenvalue weighted by Gasteiger charge is 2.44. The van der Waals surface area contributed by atoms with Crippen LogP contribution in [0.4, 0.5) is 0 Å². The molecule has 0 spiro atoms. The van der Waals surface area contributed by atoms with Gasteiger partial charge in [-0.25, -0.2) is 5.01 Å². The van der Waals surface area contributed by atoms with Gasteiger partial charge in [0.05, 0.1) is 26.0 Å². The number of hydrazone groups is 1. The Kier molecular flexibility index (Phi) is 4.10. The van der Waals surface area contributed by atoms with Crippen molar-refractivity contribution in [2.45, 2.75) is 32.0 Å². The topological polar surface area (TPSA) is 43.3 Å². The molecule has 0 fully saturated rings. The van der Waals surface area contributed by atoms with Crippen LogP contribution in [0.3, 0.4) is 0 Å². The van der Waals surface area contributed by atoms with E-state index in [1.54, 1.807) is 14.2 Å². The standard InChI is InChI=1S/C20H21BrN2O3/c1-20(2)23-16(14-10-13(21)6-8-17(14)26-20)11-15(22-23)12-5-7-18(24-3)19(9-12)25-4/h5-10,16H,11H2,1-4H3/t16-/m1/s1. The first-order chi connectivity index (χ1) is 12.4. The van der Waals surface area contributed by atoms with E-state index in [2.05, 4.69) is 27.0 Å². The Morgan fingerprint density at radius 3 is 2.62 bits per heavy atom. The smallest absolute Gasteiger partial charge is 0.192 e. The van der Waals surface area contributed by atoms with Gasteiger partial charge in [0.15, 0.2) is 17.2 Å². The summed E-state index contributed by atoms with van der Waals surface area (Å²) in [5.41, 5.74) is 2.69. The van der Waals surface area contributed by atoms with Crippen LogP contribution in [0.15, 0.2) is 46.0 Å². The highest BCUT2D eigenvalue weighted by Crippen LogP contribution is 2.47. The lowest BCUT2D eigenvalue weighted by atomic mass is 9.95. The molecule has 2 aliphatic rings.